The van der Waals surface area contributed by atoms with Gasteiger partial charge in [0.15, 0.2) is 0 Å². The maximum atomic E-state index is 10.7. The minimum Gasteiger partial charge on any atom is -0.314 e. The van der Waals surface area contributed by atoms with E-state index in [9.17, 15) is 5.21 Å². The normalized spacial score (nSPS) is 12.4. The first-order chi connectivity index (χ1) is 20.3. The van der Waals surface area contributed by atoms with Crippen LogP contribution in [0.3, 0.4) is 0 Å². The van der Waals surface area contributed by atoms with E-state index in [0.29, 0.717) is 0 Å². The molecule has 0 aliphatic rings. The van der Waals surface area contributed by atoms with E-state index in [1.54, 1.807) is 5.06 Å². The molecule has 0 aromatic heterocycles. The third-order valence-corrected chi connectivity index (χ3v) is 9.24. The Hall–Kier alpha value is -0.340. The number of hydrogen-bond acceptors (Lipinski definition) is 2. The number of unbranched alkanes of at least 4 members (excludes halogenated alkanes) is 29. The fraction of sp³-hybridized carbons (Fsp3) is 0.949. The minimum absolute atomic E-state index is 0.269. The van der Waals surface area contributed by atoms with E-state index < -0.39 is 0 Å². The Labute approximate surface area is 260 Å². The van der Waals surface area contributed by atoms with Gasteiger partial charge < -0.3 is 5.21 Å². The first-order valence-corrected chi connectivity index (χ1v) is 19.3. The first kappa shape index (κ1) is 40.7. The summed E-state index contributed by atoms with van der Waals surface area (Å²) < 4.78 is 0. The highest BCUT2D eigenvalue weighted by Gasteiger charge is 2.14. The lowest BCUT2D eigenvalue weighted by Crippen LogP contribution is -2.32. The van der Waals surface area contributed by atoms with Gasteiger partial charge in [0.05, 0.1) is 0 Å². The van der Waals surface area contributed by atoms with Gasteiger partial charge >= 0.3 is 0 Å². The average Bonchev–Trinajstić information content (AvgIpc) is 2.98. The Kier molecular flexibility index (Phi) is 35.6. The zero-order valence-electron chi connectivity index (χ0n) is 28.8. The van der Waals surface area contributed by atoms with Crippen LogP contribution in [0.25, 0.3) is 0 Å². The van der Waals surface area contributed by atoms with Gasteiger partial charge in [-0.15, -0.1) is 6.58 Å². The van der Waals surface area contributed by atoms with E-state index in [1.165, 1.54) is 193 Å². The van der Waals surface area contributed by atoms with Gasteiger partial charge in [-0.25, -0.2) is 0 Å². The maximum absolute atomic E-state index is 10.7. The second-order valence-corrected chi connectivity index (χ2v) is 13.4. The highest BCUT2D eigenvalue weighted by molar-refractivity contribution is 4.77. The first-order valence-electron chi connectivity index (χ1n) is 19.3. The lowest BCUT2D eigenvalue weighted by molar-refractivity contribution is -0.129. The van der Waals surface area contributed by atoms with Crippen LogP contribution in [0.5, 0.6) is 0 Å². The molecular formula is C39H79NO. The van der Waals surface area contributed by atoms with E-state index >= 15 is 0 Å². The van der Waals surface area contributed by atoms with E-state index in [-0.39, 0.29) is 6.04 Å². The molecule has 0 aliphatic carbocycles. The second kappa shape index (κ2) is 35.9. The van der Waals surface area contributed by atoms with Crippen LogP contribution in [0.15, 0.2) is 12.7 Å². The van der Waals surface area contributed by atoms with E-state index in [4.69, 9.17) is 0 Å². The van der Waals surface area contributed by atoms with Crippen molar-refractivity contribution >= 4 is 0 Å². The molecule has 1 atom stereocenters. The number of nitrogens with zero attached hydrogens (tertiary/aromatic N) is 1. The molecule has 41 heavy (non-hydrogen) atoms. The van der Waals surface area contributed by atoms with Crippen LogP contribution >= 0.6 is 0 Å². The van der Waals surface area contributed by atoms with Crippen LogP contribution < -0.4 is 0 Å². The van der Waals surface area contributed by atoms with Gasteiger partial charge in [-0.2, -0.15) is 5.06 Å². The molecule has 1 unspecified atom stereocenters. The van der Waals surface area contributed by atoms with Crippen LogP contribution in [0.4, 0.5) is 0 Å². The summed E-state index contributed by atoms with van der Waals surface area (Å²) in [6.45, 7) is 9.37. The SMILES string of the molecule is C=CCC(CCCCCCCCCCCCCCCCC)N(O)CCCCCCCCCCCCCCCCCC. The molecule has 0 rings (SSSR count). The van der Waals surface area contributed by atoms with Gasteiger partial charge in [-0.3, -0.25) is 0 Å². The van der Waals surface area contributed by atoms with Crippen molar-refractivity contribution in [2.45, 2.75) is 232 Å². The molecule has 0 amide bonds. The zero-order valence-corrected chi connectivity index (χ0v) is 28.8. The zero-order chi connectivity index (χ0) is 29.9. The van der Waals surface area contributed by atoms with E-state index in [0.717, 1.165) is 25.8 Å². The number of hydrogen-bond donors (Lipinski definition) is 1. The smallest absolute Gasteiger partial charge is 0.0384 e. The number of rotatable bonds is 36. The molecule has 2 heteroatoms. The highest BCUT2D eigenvalue weighted by Crippen LogP contribution is 2.18. The third kappa shape index (κ3) is 32.4. The molecule has 0 bridgehead atoms. The van der Waals surface area contributed by atoms with Gasteiger partial charge in [-0.1, -0.05) is 213 Å². The Balaban J connectivity index is 3.49. The van der Waals surface area contributed by atoms with Crippen molar-refractivity contribution in [2.75, 3.05) is 6.54 Å². The fourth-order valence-electron chi connectivity index (χ4n) is 6.34. The van der Waals surface area contributed by atoms with Gasteiger partial charge in [0.2, 0.25) is 0 Å². The second-order valence-electron chi connectivity index (χ2n) is 13.4. The topological polar surface area (TPSA) is 23.5 Å². The molecule has 0 aromatic rings. The van der Waals surface area contributed by atoms with Gasteiger partial charge in [0, 0.05) is 12.6 Å². The molecular weight excluding hydrogens is 498 g/mol. The molecule has 2 nitrogen and oxygen atoms in total. The fourth-order valence-corrected chi connectivity index (χ4v) is 6.34. The third-order valence-electron chi connectivity index (χ3n) is 9.24. The Bertz CT molecular complexity index is 478. The summed E-state index contributed by atoms with van der Waals surface area (Å²) in [5, 5.41) is 12.3. The molecule has 1 N–H and O–H groups in total. The molecule has 0 heterocycles. The number of hydroxylamine groups is 2. The lowest BCUT2D eigenvalue weighted by Gasteiger charge is -2.25. The molecule has 246 valence electrons. The summed E-state index contributed by atoms with van der Waals surface area (Å²) in [6, 6.07) is 0.269. The molecule has 0 aromatic carbocycles. The molecule has 0 radical (unpaired) electrons. The predicted octanol–water partition coefficient (Wildman–Crippen LogP) is 14.1. The van der Waals surface area contributed by atoms with E-state index in [2.05, 4.69) is 20.4 Å². The summed E-state index contributed by atoms with van der Waals surface area (Å²) in [5.41, 5.74) is 0. The summed E-state index contributed by atoms with van der Waals surface area (Å²) in [4.78, 5) is 0. The van der Waals surface area contributed by atoms with Crippen molar-refractivity contribution in [2.24, 2.45) is 0 Å². The summed E-state index contributed by atoms with van der Waals surface area (Å²) >= 11 is 0. The summed E-state index contributed by atoms with van der Waals surface area (Å²) in [5.74, 6) is 0. The molecule has 0 fully saturated rings. The van der Waals surface area contributed by atoms with Gasteiger partial charge in [-0.05, 0) is 19.3 Å². The maximum Gasteiger partial charge on any atom is 0.0384 e. The summed E-state index contributed by atoms with van der Waals surface area (Å²) in [6.07, 6.45) is 47.4. The van der Waals surface area contributed by atoms with Crippen molar-refractivity contribution in [3.8, 4) is 0 Å². The van der Waals surface area contributed by atoms with Crippen LogP contribution in [-0.4, -0.2) is 22.9 Å². The molecule has 0 saturated carbocycles. The molecule has 0 aliphatic heterocycles. The predicted molar refractivity (Wildman–Crippen MR) is 186 cm³/mol. The van der Waals surface area contributed by atoms with Crippen molar-refractivity contribution in [3.63, 3.8) is 0 Å². The lowest BCUT2D eigenvalue weighted by atomic mass is 10.0. The Morgan fingerprint density at radius 1 is 0.439 bits per heavy atom. The largest absolute Gasteiger partial charge is 0.314 e. The van der Waals surface area contributed by atoms with Crippen LogP contribution in [0.2, 0.25) is 0 Å². The van der Waals surface area contributed by atoms with Gasteiger partial charge in [0.25, 0.3) is 0 Å². The Morgan fingerprint density at radius 3 is 1.00 bits per heavy atom. The van der Waals surface area contributed by atoms with Crippen molar-refractivity contribution in [1.82, 2.24) is 5.06 Å². The van der Waals surface area contributed by atoms with Crippen molar-refractivity contribution in [3.05, 3.63) is 12.7 Å². The van der Waals surface area contributed by atoms with Crippen LogP contribution in [0, 0.1) is 0 Å². The monoisotopic (exact) mass is 578 g/mol. The van der Waals surface area contributed by atoms with Crippen LogP contribution in [-0.2, 0) is 0 Å². The molecule has 0 spiro atoms. The summed E-state index contributed by atoms with van der Waals surface area (Å²) in [7, 11) is 0. The standard InChI is InChI=1S/C39H79NO/c1-4-7-9-11-13-15-17-19-21-23-25-27-29-31-33-35-38-40(41)39(36-6-3)37-34-32-30-28-26-24-22-20-18-16-14-12-10-8-5-2/h6,39,41H,3-5,7-38H2,1-2H3. The van der Waals surface area contributed by atoms with Crippen LogP contribution in [0.1, 0.15) is 226 Å². The van der Waals surface area contributed by atoms with Crippen molar-refractivity contribution < 1.29 is 5.21 Å². The quantitative estimate of drug-likeness (QED) is 0.0455. The molecule has 0 saturated heterocycles. The van der Waals surface area contributed by atoms with Crippen molar-refractivity contribution in [1.29, 1.82) is 0 Å². The van der Waals surface area contributed by atoms with Gasteiger partial charge in [0.1, 0.15) is 0 Å². The van der Waals surface area contributed by atoms with E-state index in [1.807, 2.05) is 6.08 Å². The average molecular weight is 578 g/mol. The minimum atomic E-state index is 0.269. The highest BCUT2D eigenvalue weighted by atomic mass is 16.5. The Morgan fingerprint density at radius 2 is 0.707 bits per heavy atom.